The molecular formula is C9H18O3. The molecule has 0 aromatic heterocycles. The van der Waals surface area contributed by atoms with Crippen LogP contribution in [-0.2, 0) is 0 Å². The van der Waals surface area contributed by atoms with Crippen LogP contribution in [0.5, 0.6) is 0 Å². The predicted molar refractivity (Wildman–Crippen MR) is 47.7 cm³/mol. The van der Waals surface area contributed by atoms with Crippen LogP contribution in [0.25, 0.3) is 0 Å². The van der Waals surface area contributed by atoms with E-state index in [1.807, 2.05) is 19.9 Å². The number of hydrogen-bond acceptors (Lipinski definition) is 3. The van der Waals surface area contributed by atoms with E-state index in [1.165, 1.54) is 0 Å². The molecule has 0 saturated carbocycles. The van der Waals surface area contributed by atoms with E-state index in [0.717, 1.165) is 5.57 Å². The highest BCUT2D eigenvalue weighted by atomic mass is 16.3. The first-order chi connectivity index (χ1) is 5.65. The molecule has 0 aromatic carbocycles. The van der Waals surface area contributed by atoms with Crippen molar-refractivity contribution in [1.82, 2.24) is 0 Å². The lowest BCUT2D eigenvalue weighted by Crippen LogP contribution is -2.23. The topological polar surface area (TPSA) is 60.7 Å². The minimum atomic E-state index is -0.245. The molecule has 3 heteroatoms. The quantitative estimate of drug-likeness (QED) is 0.520. The van der Waals surface area contributed by atoms with Gasteiger partial charge in [0.1, 0.15) is 0 Å². The van der Waals surface area contributed by atoms with Gasteiger partial charge in [-0.2, -0.15) is 0 Å². The molecule has 0 amide bonds. The lowest BCUT2D eigenvalue weighted by Gasteiger charge is -2.18. The fourth-order valence-electron chi connectivity index (χ4n) is 1.09. The van der Waals surface area contributed by atoms with Crippen LogP contribution >= 0.6 is 0 Å². The Bertz CT molecular complexity index is 135. The summed E-state index contributed by atoms with van der Waals surface area (Å²) in [6, 6.07) is 0. The van der Waals surface area contributed by atoms with Gasteiger partial charge in [0.2, 0.25) is 0 Å². The van der Waals surface area contributed by atoms with Crippen LogP contribution < -0.4 is 0 Å². The minimum absolute atomic E-state index is 0.0308. The minimum Gasteiger partial charge on any atom is -0.396 e. The SMILES string of the molecule is CC(C)=CC(CO)C(CO)CO. The molecule has 0 heterocycles. The maximum atomic E-state index is 8.94. The summed E-state index contributed by atoms with van der Waals surface area (Å²) < 4.78 is 0. The van der Waals surface area contributed by atoms with Crippen molar-refractivity contribution in [3.63, 3.8) is 0 Å². The molecule has 0 saturated heterocycles. The van der Waals surface area contributed by atoms with E-state index in [2.05, 4.69) is 0 Å². The Balaban J connectivity index is 4.21. The van der Waals surface area contributed by atoms with Gasteiger partial charge in [0.15, 0.2) is 0 Å². The summed E-state index contributed by atoms with van der Waals surface area (Å²) in [6.45, 7) is 3.64. The summed E-state index contributed by atoms with van der Waals surface area (Å²) in [5.74, 6) is -0.380. The summed E-state index contributed by atoms with van der Waals surface area (Å²) in [7, 11) is 0. The van der Waals surface area contributed by atoms with Crippen molar-refractivity contribution in [2.75, 3.05) is 19.8 Å². The number of aliphatic hydroxyl groups excluding tert-OH is 3. The third-order valence-corrected chi connectivity index (χ3v) is 1.83. The monoisotopic (exact) mass is 174 g/mol. The van der Waals surface area contributed by atoms with Crippen LogP contribution in [0.15, 0.2) is 11.6 Å². The van der Waals surface area contributed by atoms with Crippen molar-refractivity contribution >= 4 is 0 Å². The molecule has 0 rings (SSSR count). The van der Waals surface area contributed by atoms with E-state index in [0.29, 0.717) is 0 Å². The van der Waals surface area contributed by atoms with Gasteiger partial charge in [-0.1, -0.05) is 11.6 Å². The van der Waals surface area contributed by atoms with Crippen LogP contribution in [0.3, 0.4) is 0 Å². The van der Waals surface area contributed by atoms with Crippen molar-refractivity contribution in [2.24, 2.45) is 11.8 Å². The lowest BCUT2D eigenvalue weighted by molar-refractivity contribution is 0.0930. The van der Waals surface area contributed by atoms with Crippen molar-refractivity contribution in [2.45, 2.75) is 13.8 Å². The highest BCUT2D eigenvalue weighted by molar-refractivity contribution is 4.99. The Kier molecular flexibility index (Phi) is 5.98. The highest BCUT2D eigenvalue weighted by Crippen LogP contribution is 2.13. The molecule has 3 N–H and O–H groups in total. The molecule has 12 heavy (non-hydrogen) atoms. The smallest absolute Gasteiger partial charge is 0.0498 e. The first-order valence-corrected chi connectivity index (χ1v) is 4.13. The maximum absolute atomic E-state index is 8.94. The summed E-state index contributed by atoms with van der Waals surface area (Å²) in [5.41, 5.74) is 1.08. The van der Waals surface area contributed by atoms with Gasteiger partial charge in [-0.15, -0.1) is 0 Å². The predicted octanol–water partition coefficient (Wildman–Crippen LogP) is 0.162. The van der Waals surface area contributed by atoms with E-state index < -0.39 is 0 Å². The maximum Gasteiger partial charge on any atom is 0.0498 e. The highest BCUT2D eigenvalue weighted by Gasteiger charge is 2.16. The van der Waals surface area contributed by atoms with Crippen molar-refractivity contribution in [3.05, 3.63) is 11.6 Å². The summed E-state index contributed by atoms with van der Waals surface area (Å²) in [5, 5.41) is 26.6. The van der Waals surface area contributed by atoms with E-state index in [1.54, 1.807) is 0 Å². The van der Waals surface area contributed by atoms with E-state index >= 15 is 0 Å². The summed E-state index contributed by atoms with van der Waals surface area (Å²) >= 11 is 0. The molecule has 0 spiro atoms. The Morgan fingerprint density at radius 2 is 1.58 bits per heavy atom. The Morgan fingerprint density at radius 1 is 1.08 bits per heavy atom. The van der Waals surface area contributed by atoms with E-state index in [-0.39, 0.29) is 31.7 Å². The molecule has 0 aliphatic heterocycles. The van der Waals surface area contributed by atoms with Gasteiger partial charge in [0, 0.05) is 31.7 Å². The van der Waals surface area contributed by atoms with Gasteiger partial charge < -0.3 is 15.3 Å². The molecule has 1 unspecified atom stereocenters. The average Bonchev–Trinajstić information content (AvgIpc) is 2.04. The third kappa shape index (κ3) is 3.85. The number of aliphatic hydroxyl groups is 3. The van der Waals surface area contributed by atoms with Gasteiger partial charge in [-0.3, -0.25) is 0 Å². The molecular weight excluding hydrogens is 156 g/mol. The molecule has 72 valence electrons. The first kappa shape index (κ1) is 11.6. The van der Waals surface area contributed by atoms with Crippen LogP contribution in [0, 0.1) is 11.8 Å². The first-order valence-electron chi connectivity index (χ1n) is 4.13. The number of rotatable bonds is 5. The molecule has 0 aromatic rings. The molecule has 0 aliphatic carbocycles. The molecule has 0 fully saturated rings. The molecule has 0 aliphatic rings. The zero-order chi connectivity index (χ0) is 9.56. The normalized spacial score (nSPS) is 13.2. The zero-order valence-corrected chi connectivity index (χ0v) is 7.70. The Labute approximate surface area is 73.4 Å². The van der Waals surface area contributed by atoms with Crippen LogP contribution in [-0.4, -0.2) is 35.1 Å². The van der Waals surface area contributed by atoms with Crippen molar-refractivity contribution < 1.29 is 15.3 Å². The fraction of sp³-hybridized carbons (Fsp3) is 0.778. The fourth-order valence-corrected chi connectivity index (χ4v) is 1.09. The largest absolute Gasteiger partial charge is 0.396 e. The molecule has 3 nitrogen and oxygen atoms in total. The molecule has 0 radical (unpaired) electrons. The van der Waals surface area contributed by atoms with Gasteiger partial charge in [0.25, 0.3) is 0 Å². The average molecular weight is 174 g/mol. The molecule has 0 bridgehead atoms. The third-order valence-electron chi connectivity index (χ3n) is 1.83. The summed E-state index contributed by atoms with van der Waals surface area (Å²) in [4.78, 5) is 0. The van der Waals surface area contributed by atoms with Crippen LogP contribution in [0.4, 0.5) is 0 Å². The van der Waals surface area contributed by atoms with Crippen molar-refractivity contribution in [1.29, 1.82) is 0 Å². The second-order valence-electron chi connectivity index (χ2n) is 3.22. The lowest BCUT2D eigenvalue weighted by atomic mass is 9.93. The summed E-state index contributed by atoms with van der Waals surface area (Å²) in [6.07, 6.45) is 1.87. The van der Waals surface area contributed by atoms with Gasteiger partial charge >= 0.3 is 0 Å². The van der Waals surface area contributed by atoms with E-state index in [9.17, 15) is 0 Å². The van der Waals surface area contributed by atoms with Crippen LogP contribution in [0.1, 0.15) is 13.8 Å². The number of hydrogen-bond donors (Lipinski definition) is 3. The van der Waals surface area contributed by atoms with E-state index in [4.69, 9.17) is 15.3 Å². The second-order valence-corrected chi connectivity index (χ2v) is 3.22. The van der Waals surface area contributed by atoms with Gasteiger partial charge in [0.05, 0.1) is 0 Å². The van der Waals surface area contributed by atoms with Gasteiger partial charge in [-0.05, 0) is 13.8 Å². The Morgan fingerprint density at radius 3 is 1.83 bits per heavy atom. The number of allylic oxidation sites excluding steroid dienone is 1. The second kappa shape index (κ2) is 6.17. The van der Waals surface area contributed by atoms with Crippen molar-refractivity contribution in [3.8, 4) is 0 Å². The molecule has 1 atom stereocenters. The van der Waals surface area contributed by atoms with Gasteiger partial charge in [-0.25, -0.2) is 0 Å². The Hall–Kier alpha value is -0.380. The van der Waals surface area contributed by atoms with Crippen LogP contribution in [0.2, 0.25) is 0 Å². The zero-order valence-electron chi connectivity index (χ0n) is 7.70. The standard InChI is InChI=1S/C9H18O3/c1-7(2)3-8(4-10)9(5-11)6-12/h3,8-12H,4-6H2,1-2H3.